The standard InChI is InChI=1S/C21H40O4.C18H34O2/c1-2-3-4-5-6-7-8-9-10-11-12-13-14-15-16-17-21(24)25-19-20(23)18-22;1-2-3-4-5-6-7-8-9-10-11-12-13-14-15-16-17-18(19)20/h9-10,20,22-23H,2-8,11-19H2,1H3;9-10H,2-8,11-17H2,1H3,(H,19,20)/b2*10-9-. The summed E-state index contributed by atoms with van der Waals surface area (Å²) in [6.07, 6.45) is 41.3. The van der Waals surface area contributed by atoms with Gasteiger partial charge >= 0.3 is 11.9 Å². The highest BCUT2D eigenvalue weighted by molar-refractivity contribution is 5.69. The van der Waals surface area contributed by atoms with Gasteiger partial charge in [-0.1, -0.05) is 141 Å². The second kappa shape index (κ2) is 40.4. The molecule has 6 heteroatoms. The number of hydrogen-bond acceptors (Lipinski definition) is 5. The molecule has 0 aromatic heterocycles. The third-order valence-electron chi connectivity index (χ3n) is 7.94. The predicted molar refractivity (Wildman–Crippen MR) is 191 cm³/mol. The molecule has 0 saturated heterocycles. The largest absolute Gasteiger partial charge is 0.481 e. The molecule has 6 nitrogen and oxygen atoms in total. The Hall–Kier alpha value is -1.66. The second-order valence-corrected chi connectivity index (χ2v) is 12.6. The summed E-state index contributed by atoms with van der Waals surface area (Å²) >= 11 is 0. The zero-order valence-electron chi connectivity index (χ0n) is 29.7. The molecule has 0 rings (SSSR count). The van der Waals surface area contributed by atoms with Crippen molar-refractivity contribution in [2.75, 3.05) is 13.2 Å². The van der Waals surface area contributed by atoms with Gasteiger partial charge in [0.15, 0.2) is 0 Å². The van der Waals surface area contributed by atoms with Gasteiger partial charge in [-0.05, 0) is 64.2 Å². The van der Waals surface area contributed by atoms with Crippen molar-refractivity contribution < 1.29 is 29.6 Å². The molecule has 0 heterocycles. The van der Waals surface area contributed by atoms with Crippen molar-refractivity contribution in [3.05, 3.63) is 24.3 Å². The molecule has 0 aliphatic rings. The number of ether oxygens (including phenoxy) is 1. The zero-order chi connectivity index (χ0) is 33.5. The predicted octanol–water partition coefficient (Wildman–Crippen LogP) is 11.0. The maximum Gasteiger partial charge on any atom is 0.305 e. The van der Waals surface area contributed by atoms with E-state index in [-0.39, 0.29) is 19.2 Å². The van der Waals surface area contributed by atoms with Crippen LogP contribution < -0.4 is 0 Å². The molecule has 0 bridgehead atoms. The first kappa shape index (κ1) is 45.5. The summed E-state index contributed by atoms with van der Waals surface area (Å²) in [7, 11) is 0. The molecule has 0 fully saturated rings. The summed E-state index contributed by atoms with van der Waals surface area (Å²) in [6.45, 7) is 4.03. The van der Waals surface area contributed by atoms with Gasteiger partial charge < -0.3 is 20.1 Å². The van der Waals surface area contributed by atoms with Crippen LogP contribution in [0, 0.1) is 0 Å². The van der Waals surface area contributed by atoms with Gasteiger partial charge in [-0.25, -0.2) is 0 Å². The summed E-state index contributed by atoms with van der Waals surface area (Å²) in [5.74, 6) is -0.951. The topological polar surface area (TPSA) is 104 Å². The van der Waals surface area contributed by atoms with Crippen molar-refractivity contribution in [3.8, 4) is 0 Å². The minimum absolute atomic E-state index is 0.111. The number of carboxylic acids is 1. The lowest BCUT2D eigenvalue weighted by Gasteiger charge is -2.08. The molecule has 3 N–H and O–H groups in total. The number of aliphatic carboxylic acids is 1. The molecule has 0 spiro atoms. The number of carbonyl (C=O) groups is 2. The molecule has 0 saturated carbocycles. The minimum atomic E-state index is -0.960. The highest BCUT2D eigenvalue weighted by Gasteiger charge is 2.07. The Morgan fingerprint density at radius 1 is 0.533 bits per heavy atom. The third-order valence-corrected chi connectivity index (χ3v) is 7.94. The number of hydrogen-bond donors (Lipinski definition) is 3. The monoisotopic (exact) mass is 639 g/mol. The number of rotatable bonds is 33. The molecule has 0 aromatic carbocycles. The second-order valence-electron chi connectivity index (χ2n) is 12.6. The number of carboxylic acid groups (broad SMARTS) is 1. The minimum Gasteiger partial charge on any atom is -0.481 e. The number of aliphatic hydroxyl groups excluding tert-OH is 2. The van der Waals surface area contributed by atoms with Crippen LogP contribution in [0.4, 0.5) is 0 Å². The van der Waals surface area contributed by atoms with E-state index < -0.39 is 12.1 Å². The van der Waals surface area contributed by atoms with Crippen molar-refractivity contribution in [2.24, 2.45) is 0 Å². The molecular formula is C39H74O6. The van der Waals surface area contributed by atoms with Gasteiger partial charge in [-0.2, -0.15) is 0 Å². The normalized spacial score (nSPS) is 12.0. The third kappa shape index (κ3) is 44.5. The molecule has 0 amide bonds. The van der Waals surface area contributed by atoms with E-state index >= 15 is 0 Å². The Labute approximate surface area is 278 Å². The number of carbonyl (C=O) groups excluding carboxylic acids is 1. The molecule has 45 heavy (non-hydrogen) atoms. The number of unbranched alkanes of at least 4 members (excludes halogenated alkanes) is 22. The quantitative estimate of drug-likeness (QED) is 0.0375. The van der Waals surface area contributed by atoms with Crippen molar-refractivity contribution in [2.45, 2.75) is 200 Å². The lowest BCUT2D eigenvalue weighted by Crippen LogP contribution is -2.21. The lowest BCUT2D eigenvalue weighted by molar-refractivity contribution is -0.147. The van der Waals surface area contributed by atoms with Gasteiger partial charge in [0, 0.05) is 12.8 Å². The van der Waals surface area contributed by atoms with Crippen LogP contribution in [0.25, 0.3) is 0 Å². The average Bonchev–Trinajstić information content (AvgIpc) is 3.03. The van der Waals surface area contributed by atoms with E-state index in [1.54, 1.807) is 0 Å². The van der Waals surface area contributed by atoms with Gasteiger partial charge in [0.25, 0.3) is 0 Å². The van der Waals surface area contributed by atoms with Crippen LogP contribution in [-0.2, 0) is 14.3 Å². The van der Waals surface area contributed by atoms with Crippen LogP contribution in [0.1, 0.15) is 194 Å². The van der Waals surface area contributed by atoms with Gasteiger partial charge in [-0.3, -0.25) is 9.59 Å². The lowest BCUT2D eigenvalue weighted by atomic mass is 10.1. The first-order chi connectivity index (χ1) is 22.0. The van der Waals surface area contributed by atoms with E-state index in [4.69, 9.17) is 20.1 Å². The molecule has 1 atom stereocenters. The summed E-state index contributed by atoms with van der Waals surface area (Å²) in [4.78, 5) is 21.7. The number of allylic oxidation sites excluding steroid dienone is 4. The Morgan fingerprint density at radius 3 is 1.22 bits per heavy atom. The maximum atomic E-state index is 11.4. The van der Waals surface area contributed by atoms with Gasteiger partial charge in [0.2, 0.25) is 0 Å². The van der Waals surface area contributed by atoms with E-state index in [0.29, 0.717) is 12.8 Å². The van der Waals surface area contributed by atoms with E-state index in [1.807, 2.05) is 0 Å². The van der Waals surface area contributed by atoms with Crippen LogP contribution in [-0.4, -0.2) is 46.6 Å². The molecule has 0 aromatic rings. The molecule has 0 radical (unpaired) electrons. The van der Waals surface area contributed by atoms with Crippen molar-refractivity contribution >= 4 is 11.9 Å². The first-order valence-electron chi connectivity index (χ1n) is 18.9. The number of aliphatic hydroxyl groups is 2. The van der Waals surface area contributed by atoms with Gasteiger partial charge in [0.05, 0.1) is 6.61 Å². The van der Waals surface area contributed by atoms with E-state index in [1.165, 1.54) is 128 Å². The summed E-state index contributed by atoms with van der Waals surface area (Å²) < 4.78 is 4.86. The Kier molecular flexibility index (Phi) is 40.8. The Balaban J connectivity index is 0. The molecular weight excluding hydrogens is 564 g/mol. The van der Waals surface area contributed by atoms with Gasteiger partial charge in [-0.15, -0.1) is 0 Å². The molecule has 0 aliphatic heterocycles. The fraction of sp³-hybridized carbons (Fsp3) is 0.846. The Bertz CT molecular complexity index is 660. The first-order valence-corrected chi connectivity index (χ1v) is 18.9. The zero-order valence-corrected chi connectivity index (χ0v) is 29.7. The molecule has 1 unspecified atom stereocenters. The van der Waals surface area contributed by atoms with Crippen LogP contribution in [0.5, 0.6) is 0 Å². The van der Waals surface area contributed by atoms with E-state index in [2.05, 4.69) is 38.2 Å². The summed E-state index contributed by atoms with van der Waals surface area (Å²) in [6, 6.07) is 0. The van der Waals surface area contributed by atoms with Crippen LogP contribution >= 0.6 is 0 Å². The van der Waals surface area contributed by atoms with E-state index in [0.717, 1.165) is 38.5 Å². The van der Waals surface area contributed by atoms with Crippen molar-refractivity contribution in [1.82, 2.24) is 0 Å². The van der Waals surface area contributed by atoms with Crippen LogP contribution in [0.3, 0.4) is 0 Å². The fourth-order valence-electron chi connectivity index (χ4n) is 5.00. The fourth-order valence-corrected chi connectivity index (χ4v) is 5.00. The smallest absolute Gasteiger partial charge is 0.305 e. The molecule has 266 valence electrons. The Morgan fingerprint density at radius 2 is 0.867 bits per heavy atom. The van der Waals surface area contributed by atoms with Gasteiger partial charge in [0.1, 0.15) is 12.7 Å². The summed E-state index contributed by atoms with van der Waals surface area (Å²) in [5, 5.41) is 26.2. The van der Waals surface area contributed by atoms with Crippen molar-refractivity contribution in [3.63, 3.8) is 0 Å². The molecule has 0 aliphatic carbocycles. The summed E-state index contributed by atoms with van der Waals surface area (Å²) in [5.41, 5.74) is 0. The maximum absolute atomic E-state index is 11.4. The van der Waals surface area contributed by atoms with E-state index in [9.17, 15) is 9.59 Å². The highest BCUT2D eigenvalue weighted by Crippen LogP contribution is 2.11. The number of esters is 1. The van der Waals surface area contributed by atoms with Crippen molar-refractivity contribution in [1.29, 1.82) is 0 Å². The SMILES string of the molecule is CCCCCCCC/C=C\CCCCCCCC(=O)O.CCCCCCCC/C=C\CCCCCCCC(=O)OCC(O)CO. The average molecular weight is 639 g/mol. The van der Waals surface area contributed by atoms with Crippen LogP contribution in [0.2, 0.25) is 0 Å². The van der Waals surface area contributed by atoms with Crippen LogP contribution in [0.15, 0.2) is 24.3 Å². The highest BCUT2D eigenvalue weighted by atomic mass is 16.5.